The number of nitrogens with one attached hydrogen (secondary N) is 1. The van der Waals surface area contributed by atoms with Crippen molar-refractivity contribution in [1.29, 1.82) is 0 Å². The Bertz CT molecular complexity index is 381. The summed E-state index contributed by atoms with van der Waals surface area (Å²) in [4.78, 5) is 0. The van der Waals surface area contributed by atoms with Crippen molar-refractivity contribution >= 4 is 16.1 Å². The van der Waals surface area contributed by atoms with E-state index in [-0.39, 0.29) is 0 Å². The minimum Gasteiger partial charge on any atom is -0.385 e. The molecule has 0 aliphatic heterocycles. The largest absolute Gasteiger partial charge is 0.394 e. The van der Waals surface area contributed by atoms with Crippen LogP contribution >= 0.6 is 0 Å². The predicted octanol–water partition coefficient (Wildman–Crippen LogP) is 1.77. The summed E-state index contributed by atoms with van der Waals surface area (Å²) in [5.41, 5.74) is 2.51. The molecular formula is C9H15NO4S. The van der Waals surface area contributed by atoms with Crippen molar-refractivity contribution in [2.75, 3.05) is 11.9 Å². The summed E-state index contributed by atoms with van der Waals surface area (Å²) in [7, 11) is -4.67. The number of hydrogen-bond donors (Lipinski definition) is 3. The van der Waals surface area contributed by atoms with Crippen LogP contribution in [-0.2, 0) is 10.4 Å². The van der Waals surface area contributed by atoms with Crippen LogP contribution in [0, 0.1) is 6.92 Å². The van der Waals surface area contributed by atoms with Gasteiger partial charge in [-0.3, -0.25) is 9.11 Å². The van der Waals surface area contributed by atoms with Crippen LogP contribution in [0.25, 0.3) is 0 Å². The first-order chi connectivity index (χ1) is 6.83. The highest BCUT2D eigenvalue weighted by Crippen LogP contribution is 2.08. The quantitative estimate of drug-likeness (QED) is 0.678. The Hall–Kier alpha value is -1.11. The number of hydrogen-bond acceptors (Lipinski definition) is 3. The van der Waals surface area contributed by atoms with Gasteiger partial charge in [-0.2, -0.15) is 8.42 Å². The van der Waals surface area contributed by atoms with Crippen molar-refractivity contribution < 1.29 is 17.5 Å². The van der Waals surface area contributed by atoms with Crippen LogP contribution in [-0.4, -0.2) is 24.1 Å². The first kappa shape index (κ1) is 13.9. The fraction of sp³-hybridized carbons (Fsp3) is 0.333. The van der Waals surface area contributed by atoms with E-state index in [9.17, 15) is 0 Å². The lowest BCUT2D eigenvalue weighted by Gasteiger charge is -2.02. The molecule has 6 heteroatoms. The minimum absolute atomic E-state index is 0.990. The lowest BCUT2D eigenvalue weighted by molar-refractivity contribution is 0.381. The highest BCUT2D eigenvalue weighted by atomic mass is 32.3. The molecule has 0 atom stereocenters. The summed E-state index contributed by atoms with van der Waals surface area (Å²) >= 11 is 0. The Morgan fingerprint density at radius 3 is 2.27 bits per heavy atom. The van der Waals surface area contributed by atoms with E-state index in [2.05, 4.69) is 43.4 Å². The van der Waals surface area contributed by atoms with E-state index in [4.69, 9.17) is 17.5 Å². The van der Waals surface area contributed by atoms with Gasteiger partial charge in [-0.25, -0.2) is 0 Å². The highest BCUT2D eigenvalue weighted by molar-refractivity contribution is 7.79. The number of anilines is 1. The minimum atomic E-state index is -4.67. The molecule has 1 aromatic carbocycles. The number of rotatable bonds is 2. The second-order valence-electron chi connectivity index (χ2n) is 2.85. The third kappa shape index (κ3) is 10.8. The molecule has 0 amide bonds. The summed E-state index contributed by atoms with van der Waals surface area (Å²) in [6.45, 7) is 5.19. The van der Waals surface area contributed by atoms with Crippen LogP contribution in [0.15, 0.2) is 24.3 Å². The van der Waals surface area contributed by atoms with Gasteiger partial charge in [0, 0.05) is 12.2 Å². The van der Waals surface area contributed by atoms with Gasteiger partial charge in [0.1, 0.15) is 0 Å². The van der Waals surface area contributed by atoms with E-state index >= 15 is 0 Å². The molecule has 5 nitrogen and oxygen atoms in total. The zero-order valence-corrected chi connectivity index (χ0v) is 9.45. The lowest BCUT2D eigenvalue weighted by Crippen LogP contribution is -1.95. The second-order valence-corrected chi connectivity index (χ2v) is 3.74. The van der Waals surface area contributed by atoms with Gasteiger partial charge >= 0.3 is 10.4 Å². The molecule has 86 valence electrons. The molecule has 1 rings (SSSR count). The molecule has 0 spiro atoms. The van der Waals surface area contributed by atoms with E-state index < -0.39 is 10.4 Å². The van der Waals surface area contributed by atoms with Crippen LogP contribution in [0.2, 0.25) is 0 Å². The molecular weight excluding hydrogens is 218 g/mol. The van der Waals surface area contributed by atoms with Crippen LogP contribution in [0.1, 0.15) is 12.5 Å². The Labute approximate surface area is 89.7 Å². The average molecular weight is 233 g/mol. The Kier molecular flexibility index (Phi) is 5.92. The lowest BCUT2D eigenvalue weighted by atomic mass is 10.2. The fourth-order valence-corrected chi connectivity index (χ4v) is 0.959. The van der Waals surface area contributed by atoms with Gasteiger partial charge in [0.2, 0.25) is 0 Å². The normalized spacial score (nSPS) is 10.1. The van der Waals surface area contributed by atoms with E-state index in [0.717, 1.165) is 6.54 Å². The molecule has 3 N–H and O–H groups in total. The van der Waals surface area contributed by atoms with Gasteiger partial charge in [-0.05, 0) is 31.5 Å². The topological polar surface area (TPSA) is 86.6 Å². The summed E-state index contributed by atoms with van der Waals surface area (Å²) in [6.07, 6.45) is 0. The third-order valence-corrected chi connectivity index (χ3v) is 1.40. The predicted molar refractivity (Wildman–Crippen MR) is 59.5 cm³/mol. The Morgan fingerprint density at radius 1 is 1.33 bits per heavy atom. The summed E-state index contributed by atoms with van der Waals surface area (Å²) in [6, 6.07) is 8.38. The smallest absolute Gasteiger partial charge is 0.385 e. The zero-order chi connectivity index (χ0) is 11.9. The van der Waals surface area contributed by atoms with E-state index in [1.165, 1.54) is 11.3 Å². The summed E-state index contributed by atoms with van der Waals surface area (Å²) in [5.74, 6) is 0. The molecule has 1 aromatic rings. The van der Waals surface area contributed by atoms with E-state index in [1.807, 2.05) is 0 Å². The molecule has 0 fully saturated rings. The maximum atomic E-state index is 8.74. The highest BCUT2D eigenvalue weighted by Gasteiger charge is 1.87. The van der Waals surface area contributed by atoms with Crippen LogP contribution in [0.5, 0.6) is 0 Å². The van der Waals surface area contributed by atoms with Crippen molar-refractivity contribution in [1.82, 2.24) is 0 Å². The standard InChI is InChI=1S/C9H13N.H2O4S/c1-3-10-9-6-4-5-8(2)7-9;1-5(2,3)4/h4-7,10H,3H2,1-2H3;(H2,1,2,3,4). The molecule has 15 heavy (non-hydrogen) atoms. The van der Waals surface area contributed by atoms with Crippen LogP contribution in [0.3, 0.4) is 0 Å². The van der Waals surface area contributed by atoms with E-state index in [0.29, 0.717) is 0 Å². The van der Waals surface area contributed by atoms with Crippen molar-refractivity contribution in [3.63, 3.8) is 0 Å². The van der Waals surface area contributed by atoms with E-state index in [1.54, 1.807) is 0 Å². The summed E-state index contributed by atoms with van der Waals surface area (Å²) < 4.78 is 31.6. The average Bonchev–Trinajstić information content (AvgIpc) is 2.01. The second kappa shape index (κ2) is 6.39. The maximum Gasteiger partial charge on any atom is 0.394 e. The van der Waals surface area contributed by atoms with Gasteiger partial charge in [-0.1, -0.05) is 12.1 Å². The van der Waals surface area contributed by atoms with Gasteiger partial charge in [0.15, 0.2) is 0 Å². The molecule has 0 heterocycles. The molecule has 0 saturated carbocycles. The Balaban J connectivity index is 0.000000336. The molecule has 0 saturated heterocycles. The maximum absolute atomic E-state index is 8.74. The van der Waals surface area contributed by atoms with Crippen LogP contribution < -0.4 is 5.32 Å². The molecule has 0 radical (unpaired) electrons. The fourth-order valence-electron chi connectivity index (χ4n) is 0.959. The van der Waals surface area contributed by atoms with Gasteiger partial charge in [0.25, 0.3) is 0 Å². The van der Waals surface area contributed by atoms with Crippen molar-refractivity contribution in [3.05, 3.63) is 29.8 Å². The number of benzene rings is 1. The third-order valence-electron chi connectivity index (χ3n) is 1.40. The monoisotopic (exact) mass is 233 g/mol. The number of aryl methyl sites for hydroxylation is 1. The van der Waals surface area contributed by atoms with Crippen LogP contribution in [0.4, 0.5) is 5.69 Å². The molecule has 0 aliphatic rings. The van der Waals surface area contributed by atoms with Crippen molar-refractivity contribution in [2.24, 2.45) is 0 Å². The van der Waals surface area contributed by atoms with Gasteiger partial charge in [0.05, 0.1) is 0 Å². The first-order valence-electron chi connectivity index (χ1n) is 4.33. The molecule has 0 aromatic heterocycles. The SMILES string of the molecule is CCNc1cccc(C)c1.O=S(=O)(O)O. The van der Waals surface area contributed by atoms with Gasteiger partial charge < -0.3 is 5.32 Å². The van der Waals surface area contributed by atoms with Crippen molar-refractivity contribution in [3.8, 4) is 0 Å². The van der Waals surface area contributed by atoms with Gasteiger partial charge in [-0.15, -0.1) is 0 Å². The Morgan fingerprint density at radius 2 is 1.87 bits per heavy atom. The van der Waals surface area contributed by atoms with Crippen molar-refractivity contribution in [2.45, 2.75) is 13.8 Å². The molecule has 0 aliphatic carbocycles. The molecule has 0 unspecified atom stereocenters. The first-order valence-corrected chi connectivity index (χ1v) is 5.73. The molecule has 0 bridgehead atoms. The summed E-state index contributed by atoms with van der Waals surface area (Å²) in [5, 5.41) is 3.25. The zero-order valence-electron chi connectivity index (χ0n) is 8.64.